The quantitative estimate of drug-likeness (QED) is 0.913. The fraction of sp³-hybridized carbons (Fsp3) is 0.500. The minimum atomic E-state index is -0.793. The molecule has 18 heavy (non-hydrogen) atoms. The summed E-state index contributed by atoms with van der Waals surface area (Å²) in [6.07, 6.45) is 0.0988. The summed E-state index contributed by atoms with van der Waals surface area (Å²) in [7, 11) is 0. The maximum atomic E-state index is 11.0. The van der Waals surface area contributed by atoms with Gasteiger partial charge in [-0.3, -0.25) is 4.79 Å². The van der Waals surface area contributed by atoms with E-state index in [1.54, 1.807) is 0 Å². The average molecular weight is 269 g/mol. The topological polar surface area (TPSA) is 46.5 Å². The number of aliphatic carboxylic acids is 1. The second kappa shape index (κ2) is 4.56. The van der Waals surface area contributed by atoms with Gasteiger partial charge < -0.3 is 9.84 Å². The highest BCUT2D eigenvalue weighted by Crippen LogP contribution is 2.51. The number of hydrogen-bond acceptors (Lipinski definition) is 2. The van der Waals surface area contributed by atoms with Gasteiger partial charge in [0.1, 0.15) is 0 Å². The van der Waals surface area contributed by atoms with Crippen LogP contribution in [0.15, 0.2) is 24.3 Å². The van der Waals surface area contributed by atoms with Gasteiger partial charge in [-0.15, -0.1) is 0 Å². The molecule has 1 aromatic carbocycles. The molecular weight excluding hydrogens is 252 g/mol. The van der Waals surface area contributed by atoms with Gasteiger partial charge in [0, 0.05) is 10.4 Å². The standard InChI is InChI=1S/C14H17ClO3/c1-13(2,7-12(16)17)14(8-18-9-14)10-5-3-4-6-11(10)15/h3-6H,7-9H2,1-2H3,(H,16,17). The number of carboxylic acids is 1. The van der Waals surface area contributed by atoms with Crippen LogP contribution in [0.2, 0.25) is 5.02 Å². The normalized spacial score (nSPS) is 18.2. The SMILES string of the molecule is CC(C)(CC(=O)O)C1(c2ccccc2Cl)COC1. The van der Waals surface area contributed by atoms with Crippen molar-refractivity contribution in [2.45, 2.75) is 25.7 Å². The van der Waals surface area contributed by atoms with Crippen LogP contribution in [-0.4, -0.2) is 24.3 Å². The summed E-state index contributed by atoms with van der Waals surface area (Å²) >= 11 is 6.26. The number of carboxylic acid groups (broad SMARTS) is 1. The van der Waals surface area contributed by atoms with E-state index in [9.17, 15) is 4.79 Å². The predicted molar refractivity (Wildman–Crippen MR) is 70.0 cm³/mol. The molecule has 1 N–H and O–H groups in total. The fourth-order valence-corrected chi connectivity index (χ4v) is 2.93. The molecule has 4 heteroatoms. The highest BCUT2D eigenvalue weighted by molar-refractivity contribution is 6.31. The van der Waals surface area contributed by atoms with Gasteiger partial charge in [0.25, 0.3) is 0 Å². The zero-order valence-electron chi connectivity index (χ0n) is 10.6. The van der Waals surface area contributed by atoms with Gasteiger partial charge in [-0.2, -0.15) is 0 Å². The minimum absolute atomic E-state index is 0.0988. The Bertz CT molecular complexity index is 464. The number of halogens is 1. The lowest BCUT2D eigenvalue weighted by atomic mass is 9.59. The van der Waals surface area contributed by atoms with Crippen molar-refractivity contribution in [3.63, 3.8) is 0 Å². The summed E-state index contributed by atoms with van der Waals surface area (Å²) in [6.45, 7) is 4.98. The molecule has 98 valence electrons. The number of ether oxygens (including phenoxy) is 1. The van der Waals surface area contributed by atoms with Crippen LogP contribution in [0.3, 0.4) is 0 Å². The molecule has 0 bridgehead atoms. The van der Waals surface area contributed by atoms with E-state index in [0.29, 0.717) is 18.2 Å². The van der Waals surface area contributed by atoms with E-state index in [-0.39, 0.29) is 11.8 Å². The van der Waals surface area contributed by atoms with Gasteiger partial charge in [0.2, 0.25) is 0 Å². The summed E-state index contributed by atoms with van der Waals surface area (Å²) in [5, 5.41) is 9.75. The highest BCUT2D eigenvalue weighted by Gasteiger charge is 2.53. The molecule has 1 saturated heterocycles. The Balaban J connectivity index is 2.43. The Labute approximate surface area is 112 Å². The van der Waals surface area contributed by atoms with E-state index in [1.807, 2.05) is 38.1 Å². The first-order valence-electron chi connectivity index (χ1n) is 5.94. The van der Waals surface area contributed by atoms with E-state index in [0.717, 1.165) is 5.56 Å². The van der Waals surface area contributed by atoms with Crippen molar-refractivity contribution >= 4 is 17.6 Å². The third-order valence-corrected chi connectivity index (χ3v) is 4.30. The molecule has 0 aliphatic carbocycles. The van der Waals surface area contributed by atoms with Crippen LogP contribution in [0.5, 0.6) is 0 Å². The summed E-state index contributed by atoms with van der Waals surface area (Å²) in [5.41, 5.74) is 0.287. The summed E-state index contributed by atoms with van der Waals surface area (Å²) in [6, 6.07) is 7.61. The van der Waals surface area contributed by atoms with Crippen molar-refractivity contribution in [1.29, 1.82) is 0 Å². The van der Waals surface area contributed by atoms with E-state index >= 15 is 0 Å². The monoisotopic (exact) mass is 268 g/mol. The Morgan fingerprint density at radius 2 is 2.06 bits per heavy atom. The summed E-state index contributed by atoms with van der Waals surface area (Å²) in [4.78, 5) is 11.0. The maximum absolute atomic E-state index is 11.0. The fourth-order valence-electron chi connectivity index (χ4n) is 2.61. The largest absolute Gasteiger partial charge is 0.481 e. The third kappa shape index (κ3) is 2.02. The van der Waals surface area contributed by atoms with Gasteiger partial charge in [-0.1, -0.05) is 43.6 Å². The van der Waals surface area contributed by atoms with Crippen LogP contribution < -0.4 is 0 Å². The van der Waals surface area contributed by atoms with E-state index in [2.05, 4.69) is 0 Å². The summed E-state index contributed by atoms with van der Waals surface area (Å²) < 4.78 is 5.36. The van der Waals surface area contributed by atoms with E-state index in [1.165, 1.54) is 0 Å². The lowest BCUT2D eigenvalue weighted by Gasteiger charge is -2.52. The van der Waals surface area contributed by atoms with Gasteiger partial charge in [-0.25, -0.2) is 0 Å². The van der Waals surface area contributed by atoms with Crippen molar-refractivity contribution in [3.8, 4) is 0 Å². The molecule has 2 rings (SSSR count). The molecule has 0 amide bonds. The Morgan fingerprint density at radius 3 is 2.50 bits per heavy atom. The Morgan fingerprint density at radius 1 is 1.44 bits per heavy atom. The number of rotatable bonds is 4. The van der Waals surface area contributed by atoms with E-state index in [4.69, 9.17) is 21.4 Å². The maximum Gasteiger partial charge on any atom is 0.303 e. The van der Waals surface area contributed by atoms with Crippen molar-refractivity contribution in [1.82, 2.24) is 0 Å². The predicted octanol–water partition coefficient (Wildman–Crippen LogP) is 3.11. The zero-order chi connectivity index (χ0) is 13.4. The number of hydrogen-bond donors (Lipinski definition) is 1. The van der Waals surface area contributed by atoms with Gasteiger partial charge in [0.05, 0.1) is 19.6 Å². The van der Waals surface area contributed by atoms with Crippen LogP contribution >= 0.6 is 11.6 Å². The molecule has 0 atom stereocenters. The first kappa shape index (κ1) is 13.4. The first-order valence-corrected chi connectivity index (χ1v) is 6.31. The van der Waals surface area contributed by atoms with Crippen LogP contribution in [0, 0.1) is 5.41 Å². The van der Waals surface area contributed by atoms with Crippen LogP contribution in [-0.2, 0) is 14.9 Å². The zero-order valence-corrected chi connectivity index (χ0v) is 11.3. The van der Waals surface area contributed by atoms with E-state index < -0.39 is 11.4 Å². The molecule has 0 spiro atoms. The van der Waals surface area contributed by atoms with Crippen molar-refractivity contribution in [2.75, 3.05) is 13.2 Å². The molecule has 1 fully saturated rings. The number of benzene rings is 1. The lowest BCUT2D eigenvalue weighted by molar-refractivity contribution is -0.151. The molecule has 1 aromatic rings. The third-order valence-electron chi connectivity index (χ3n) is 3.98. The summed E-state index contributed by atoms with van der Waals surface area (Å²) in [5.74, 6) is -0.793. The van der Waals surface area contributed by atoms with Crippen molar-refractivity contribution < 1.29 is 14.6 Å². The smallest absolute Gasteiger partial charge is 0.303 e. The number of carbonyl (C=O) groups is 1. The second-order valence-corrected chi connectivity index (χ2v) is 5.92. The Hall–Kier alpha value is -1.06. The lowest BCUT2D eigenvalue weighted by Crippen LogP contribution is -2.57. The van der Waals surface area contributed by atoms with Crippen molar-refractivity contribution in [2.24, 2.45) is 5.41 Å². The molecule has 0 radical (unpaired) electrons. The first-order chi connectivity index (χ1) is 8.39. The molecule has 0 unspecified atom stereocenters. The molecule has 1 heterocycles. The molecule has 0 saturated carbocycles. The van der Waals surface area contributed by atoms with Gasteiger partial charge in [0.15, 0.2) is 0 Å². The van der Waals surface area contributed by atoms with Gasteiger partial charge >= 0.3 is 5.97 Å². The molecule has 3 nitrogen and oxygen atoms in total. The molecule has 1 aliphatic rings. The molecule has 0 aromatic heterocycles. The van der Waals surface area contributed by atoms with Crippen molar-refractivity contribution in [3.05, 3.63) is 34.9 Å². The molecular formula is C14H17ClO3. The highest BCUT2D eigenvalue weighted by atomic mass is 35.5. The molecule has 1 aliphatic heterocycles. The average Bonchev–Trinajstić information content (AvgIpc) is 2.16. The van der Waals surface area contributed by atoms with Crippen LogP contribution in [0.4, 0.5) is 0 Å². The van der Waals surface area contributed by atoms with Gasteiger partial charge in [-0.05, 0) is 17.0 Å². The minimum Gasteiger partial charge on any atom is -0.481 e. The van der Waals surface area contributed by atoms with Crippen LogP contribution in [0.25, 0.3) is 0 Å². The second-order valence-electron chi connectivity index (χ2n) is 5.51. The Kier molecular flexibility index (Phi) is 3.39. The van der Waals surface area contributed by atoms with Crippen LogP contribution in [0.1, 0.15) is 25.8 Å².